The van der Waals surface area contributed by atoms with Gasteiger partial charge in [-0.1, -0.05) is 63.3 Å². The smallest absolute Gasteiger partial charge is 0.166 e. The largest absolute Gasteiger partial charge is 0.416 e. The minimum absolute atomic E-state index is 0.0389. The summed E-state index contributed by atoms with van der Waals surface area (Å²) in [5, 5.41) is 0.900. The van der Waals surface area contributed by atoms with Gasteiger partial charge in [0.1, 0.15) is 0 Å². The first-order valence-corrected chi connectivity index (χ1v) is 8.64. The van der Waals surface area contributed by atoms with Crippen LogP contribution in [0.15, 0.2) is 24.3 Å². The molecule has 0 nitrogen and oxygen atoms in total. The Bertz CT molecular complexity index is 400. The maximum Gasteiger partial charge on any atom is 0.416 e. The summed E-state index contributed by atoms with van der Waals surface area (Å²) in [6, 6.07) is 5.79. The fourth-order valence-corrected chi connectivity index (χ4v) is 3.41. The lowest BCUT2D eigenvalue weighted by atomic mass is 10.2. The first kappa shape index (κ1) is 14.3. The second-order valence-corrected chi connectivity index (χ2v) is 11.3. The fraction of sp³-hybridized carbons (Fsp3) is 0.538. The maximum absolute atomic E-state index is 12.7. The van der Waals surface area contributed by atoms with Gasteiger partial charge in [-0.25, -0.2) is 0 Å². The van der Waals surface area contributed by atoms with Gasteiger partial charge in [0, 0.05) is 0 Å². The van der Waals surface area contributed by atoms with Crippen molar-refractivity contribution in [2.75, 3.05) is 0 Å². The zero-order valence-corrected chi connectivity index (χ0v) is 11.9. The predicted molar refractivity (Wildman–Crippen MR) is 68.3 cm³/mol. The van der Waals surface area contributed by atoms with E-state index in [1.165, 1.54) is 12.1 Å². The van der Waals surface area contributed by atoms with Crippen molar-refractivity contribution in [1.29, 1.82) is 0 Å². The second kappa shape index (κ2) is 4.16. The average Bonchev–Trinajstić information content (AvgIpc) is 2.15. The molecule has 0 unspecified atom stereocenters. The molecule has 0 spiro atoms. The van der Waals surface area contributed by atoms with Crippen LogP contribution in [0.4, 0.5) is 13.2 Å². The molecule has 0 radical (unpaired) electrons. The van der Waals surface area contributed by atoms with Crippen LogP contribution in [0, 0.1) is 0 Å². The summed E-state index contributed by atoms with van der Waals surface area (Å²) in [6.07, 6.45) is -4.25. The third-order valence-electron chi connectivity index (χ3n) is 3.79. The number of hydrogen-bond acceptors (Lipinski definition) is 0. The van der Waals surface area contributed by atoms with Gasteiger partial charge in [-0.15, -0.1) is 0 Å². The third-order valence-corrected chi connectivity index (χ3v) is 9.29. The van der Waals surface area contributed by atoms with Crippen LogP contribution < -0.4 is 5.19 Å². The highest BCUT2D eigenvalue weighted by Gasteiger charge is 2.38. The van der Waals surface area contributed by atoms with E-state index in [4.69, 9.17) is 0 Å². The van der Waals surface area contributed by atoms with Crippen LogP contribution >= 0.6 is 0 Å². The highest BCUT2D eigenvalue weighted by atomic mass is 28.3. The molecule has 4 heteroatoms. The molecule has 96 valence electrons. The molecule has 0 amide bonds. The molecule has 0 aliphatic carbocycles. The van der Waals surface area contributed by atoms with E-state index in [-0.39, 0.29) is 5.04 Å². The number of halogens is 3. The first-order chi connectivity index (χ1) is 7.46. The molecule has 0 atom stereocenters. The standard InChI is InChI=1S/C13H19F3Si/c1-12(2,3)17(4,5)11-8-6-7-10(9-11)13(14,15)16/h6-9H,1-5H3. The van der Waals surface area contributed by atoms with E-state index in [2.05, 4.69) is 33.9 Å². The third kappa shape index (κ3) is 2.92. The zero-order valence-electron chi connectivity index (χ0n) is 10.9. The van der Waals surface area contributed by atoms with Gasteiger partial charge in [-0.2, -0.15) is 13.2 Å². The quantitative estimate of drug-likeness (QED) is 0.656. The van der Waals surface area contributed by atoms with E-state index in [0.717, 1.165) is 11.3 Å². The summed E-state index contributed by atoms with van der Waals surface area (Å²) in [6.45, 7) is 10.5. The molecule has 0 aliphatic rings. The lowest BCUT2D eigenvalue weighted by Crippen LogP contribution is -2.49. The number of hydrogen-bond donors (Lipinski definition) is 0. The topological polar surface area (TPSA) is 0 Å². The van der Waals surface area contributed by atoms with Gasteiger partial charge in [0.2, 0.25) is 0 Å². The van der Waals surface area contributed by atoms with Crippen molar-refractivity contribution < 1.29 is 13.2 Å². The summed E-state index contributed by atoms with van der Waals surface area (Å²) < 4.78 is 38.0. The molecular weight excluding hydrogens is 241 g/mol. The van der Waals surface area contributed by atoms with Gasteiger partial charge >= 0.3 is 6.18 Å². The Hall–Kier alpha value is -0.773. The Morgan fingerprint density at radius 2 is 1.53 bits per heavy atom. The molecule has 0 aromatic heterocycles. The highest BCUT2D eigenvalue weighted by molar-refractivity contribution is 6.92. The molecule has 0 N–H and O–H groups in total. The summed E-state index contributed by atoms with van der Waals surface area (Å²) in [7, 11) is -1.89. The van der Waals surface area contributed by atoms with Crippen LogP contribution in [-0.4, -0.2) is 8.07 Å². The van der Waals surface area contributed by atoms with E-state index in [1.807, 2.05) is 6.07 Å². The molecule has 0 saturated carbocycles. The molecule has 0 aliphatic heterocycles. The summed E-state index contributed by atoms with van der Waals surface area (Å²) in [5.41, 5.74) is -0.542. The molecule has 0 heterocycles. The van der Waals surface area contributed by atoms with Gasteiger partial charge in [-0.05, 0) is 5.04 Å². The minimum Gasteiger partial charge on any atom is -0.166 e. The Morgan fingerprint density at radius 1 is 1.00 bits per heavy atom. The monoisotopic (exact) mass is 260 g/mol. The number of alkyl halides is 3. The highest BCUT2D eigenvalue weighted by Crippen LogP contribution is 2.36. The summed E-state index contributed by atoms with van der Waals surface area (Å²) >= 11 is 0. The Kier molecular flexibility index (Phi) is 3.49. The van der Waals surface area contributed by atoms with Gasteiger partial charge in [0.05, 0.1) is 13.6 Å². The van der Waals surface area contributed by atoms with Gasteiger partial charge in [0.25, 0.3) is 0 Å². The van der Waals surface area contributed by atoms with Crippen LogP contribution in [0.3, 0.4) is 0 Å². The van der Waals surface area contributed by atoms with Gasteiger partial charge in [-0.3, -0.25) is 0 Å². The second-order valence-electron chi connectivity index (χ2n) is 5.95. The van der Waals surface area contributed by atoms with E-state index in [9.17, 15) is 13.2 Å². The molecule has 1 rings (SSSR count). The van der Waals surface area contributed by atoms with Crippen molar-refractivity contribution in [3.8, 4) is 0 Å². The zero-order chi connectivity index (χ0) is 13.5. The summed E-state index contributed by atoms with van der Waals surface area (Å²) in [4.78, 5) is 0. The molecule has 1 aromatic carbocycles. The maximum atomic E-state index is 12.7. The van der Waals surface area contributed by atoms with Crippen LogP contribution in [0.2, 0.25) is 18.1 Å². The Balaban J connectivity index is 3.26. The van der Waals surface area contributed by atoms with Crippen molar-refractivity contribution in [3.05, 3.63) is 29.8 Å². The van der Waals surface area contributed by atoms with E-state index in [0.29, 0.717) is 0 Å². The van der Waals surface area contributed by atoms with Crippen molar-refractivity contribution >= 4 is 13.3 Å². The predicted octanol–water partition coefficient (Wildman–Crippen LogP) is 4.42. The normalized spacial score (nSPS) is 13.9. The minimum atomic E-state index is -4.25. The van der Waals surface area contributed by atoms with Crippen LogP contribution in [0.25, 0.3) is 0 Å². The first-order valence-electron chi connectivity index (χ1n) is 5.64. The molecule has 0 fully saturated rings. The number of benzene rings is 1. The Labute approximate surface area is 102 Å². The molecule has 1 aromatic rings. The fourth-order valence-electron chi connectivity index (χ4n) is 1.52. The molecule has 0 bridgehead atoms. The van der Waals surface area contributed by atoms with Gasteiger partial charge in [0.15, 0.2) is 0 Å². The van der Waals surface area contributed by atoms with Crippen LogP contribution in [0.1, 0.15) is 26.3 Å². The lowest BCUT2D eigenvalue weighted by Gasteiger charge is -2.37. The average molecular weight is 260 g/mol. The van der Waals surface area contributed by atoms with Crippen molar-refractivity contribution in [1.82, 2.24) is 0 Å². The van der Waals surface area contributed by atoms with E-state index >= 15 is 0 Å². The molecule has 17 heavy (non-hydrogen) atoms. The summed E-state index contributed by atoms with van der Waals surface area (Å²) in [5.74, 6) is 0. The van der Waals surface area contributed by atoms with E-state index < -0.39 is 19.8 Å². The van der Waals surface area contributed by atoms with Crippen LogP contribution in [0.5, 0.6) is 0 Å². The van der Waals surface area contributed by atoms with Gasteiger partial charge < -0.3 is 0 Å². The van der Waals surface area contributed by atoms with E-state index in [1.54, 1.807) is 0 Å². The lowest BCUT2D eigenvalue weighted by molar-refractivity contribution is -0.137. The van der Waals surface area contributed by atoms with Crippen LogP contribution in [-0.2, 0) is 6.18 Å². The van der Waals surface area contributed by atoms with Crippen molar-refractivity contribution in [2.24, 2.45) is 0 Å². The Morgan fingerprint density at radius 3 is 1.94 bits per heavy atom. The molecule has 0 saturated heterocycles. The molecular formula is C13H19F3Si. The van der Waals surface area contributed by atoms with Crippen molar-refractivity contribution in [3.63, 3.8) is 0 Å². The van der Waals surface area contributed by atoms with Crippen molar-refractivity contribution in [2.45, 2.75) is 45.1 Å². The SMILES string of the molecule is CC(C)(C)[Si](C)(C)c1cccc(C(F)(F)F)c1. The number of rotatable bonds is 1.